The normalized spacial score (nSPS) is 15.6. The van der Waals surface area contributed by atoms with Crippen molar-refractivity contribution in [2.24, 2.45) is 5.92 Å². The first-order chi connectivity index (χ1) is 17.1. The van der Waals surface area contributed by atoms with Crippen LogP contribution < -0.4 is 9.46 Å². The number of rotatable bonds is 7. The van der Waals surface area contributed by atoms with Gasteiger partial charge < -0.3 is 4.74 Å². The Kier molecular flexibility index (Phi) is 7.23. The molecule has 0 spiro atoms. The van der Waals surface area contributed by atoms with E-state index in [2.05, 4.69) is 25.8 Å². The lowest BCUT2D eigenvalue weighted by molar-refractivity contribution is -0.137. The van der Waals surface area contributed by atoms with E-state index < -0.39 is 49.8 Å². The summed E-state index contributed by atoms with van der Waals surface area (Å²) in [5.41, 5.74) is 0.306. The molecule has 1 fully saturated rings. The number of halogens is 5. The monoisotopic (exact) mass is 603 g/mol. The summed E-state index contributed by atoms with van der Waals surface area (Å²) in [5, 5.41) is 4.55. The standard InChI is InChI=1S/C25H26BrF4N3O3S/c1-24(2,3)33-23(17-9-8-16(27)12-19(17)26)18(13-31-33)22(14-5-6-14)32-37(34,35)21-10-7-15(25(28,29)30)11-20(21)36-4/h7-14,22,32H,5-6H2,1-4H3. The maximum atomic E-state index is 13.9. The summed E-state index contributed by atoms with van der Waals surface area (Å²) in [6.07, 6.45) is -1.56. The molecule has 1 unspecified atom stereocenters. The summed E-state index contributed by atoms with van der Waals surface area (Å²) in [7, 11) is -3.20. The summed E-state index contributed by atoms with van der Waals surface area (Å²) >= 11 is 3.42. The van der Waals surface area contributed by atoms with Crippen LogP contribution in [-0.4, -0.2) is 25.3 Å². The quantitative estimate of drug-likeness (QED) is 0.306. The van der Waals surface area contributed by atoms with Crippen LogP contribution in [0.5, 0.6) is 5.75 Å². The third-order valence-electron chi connectivity index (χ3n) is 6.11. The minimum absolute atomic E-state index is 0.0502. The summed E-state index contributed by atoms with van der Waals surface area (Å²) < 4.78 is 90.4. The highest BCUT2D eigenvalue weighted by Crippen LogP contribution is 2.46. The molecule has 1 heterocycles. The third kappa shape index (κ3) is 5.70. The molecule has 0 radical (unpaired) electrons. The van der Waals surface area contributed by atoms with Crippen molar-refractivity contribution in [2.45, 2.75) is 56.3 Å². The number of ether oxygens (including phenoxy) is 1. The van der Waals surface area contributed by atoms with Gasteiger partial charge in [-0.15, -0.1) is 0 Å². The van der Waals surface area contributed by atoms with E-state index in [1.54, 1.807) is 16.9 Å². The van der Waals surface area contributed by atoms with Crippen LogP contribution in [0.4, 0.5) is 17.6 Å². The number of benzene rings is 2. The van der Waals surface area contributed by atoms with Crippen molar-refractivity contribution in [1.82, 2.24) is 14.5 Å². The van der Waals surface area contributed by atoms with Gasteiger partial charge in [0.1, 0.15) is 16.5 Å². The number of alkyl halides is 3. The van der Waals surface area contributed by atoms with E-state index in [1.807, 2.05) is 20.8 Å². The second-order valence-corrected chi connectivity index (χ2v) is 12.5. The average molecular weight is 604 g/mol. The van der Waals surface area contributed by atoms with Crippen LogP contribution in [0.25, 0.3) is 11.3 Å². The Labute approximate surface area is 221 Å². The van der Waals surface area contributed by atoms with Gasteiger partial charge in [-0.2, -0.15) is 18.3 Å². The van der Waals surface area contributed by atoms with Crippen molar-refractivity contribution < 1.29 is 30.7 Å². The summed E-state index contributed by atoms with van der Waals surface area (Å²) in [6.45, 7) is 5.82. The molecule has 1 aliphatic carbocycles. The molecule has 1 atom stereocenters. The molecule has 200 valence electrons. The van der Waals surface area contributed by atoms with E-state index in [0.717, 1.165) is 26.0 Å². The molecule has 0 bridgehead atoms. The Morgan fingerprint density at radius 3 is 2.35 bits per heavy atom. The van der Waals surface area contributed by atoms with Gasteiger partial charge in [-0.1, -0.05) is 0 Å². The number of hydrogen-bond acceptors (Lipinski definition) is 4. The molecular formula is C25H26BrF4N3O3S. The first-order valence-electron chi connectivity index (χ1n) is 11.4. The molecule has 3 aromatic rings. The highest BCUT2D eigenvalue weighted by molar-refractivity contribution is 9.10. The molecule has 1 N–H and O–H groups in total. The zero-order valence-electron chi connectivity index (χ0n) is 20.5. The van der Waals surface area contributed by atoms with Gasteiger partial charge in [-0.05, 0) is 91.9 Å². The Balaban J connectivity index is 1.82. The number of sulfonamides is 1. The van der Waals surface area contributed by atoms with Crippen molar-refractivity contribution in [2.75, 3.05) is 7.11 Å². The van der Waals surface area contributed by atoms with E-state index in [0.29, 0.717) is 33.4 Å². The van der Waals surface area contributed by atoms with E-state index in [1.165, 1.54) is 12.1 Å². The molecule has 12 heteroatoms. The zero-order valence-corrected chi connectivity index (χ0v) is 22.9. The number of hydrogen-bond donors (Lipinski definition) is 1. The SMILES string of the molecule is COc1cc(C(F)(F)F)ccc1S(=O)(=O)NC(c1cnn(C(C)(C)C)c1-c1ccc(F)cc1Br)C1CC1. The molecule has 4 rings (SSSR count). The molecule has 0 amide bonds. The Hall–Kier alpha value is -2.44. The van der Waals surface area contributed by atoms with Crippen molar-refractivity contribution in [3.05, 3.63) is 64.0 Å². The second-order valence-electron chi connectivity index (χ2n) is 9.96. The van der Waals surface area contributed by atoms with E-state index >= 15 is 0 Å². The third-order valence-corrected chi connectivity index (χ3v) is 8.25. The number of methoxy groups -OCH3 is 1. The van der Waals surface area contributed by atoms with Crippen LogP contribution in [0.15, 0.2) is 52.0 Å². The van der Waals surface area contributed by atoms with Gasteiger partial charge in [0.05, 0.1) is 36.1 Å². The fraction of sp³-hybridized carbons (Fsp3) is 0.400. The molecular weight excluding hydrogens is 578 g/mol. The lowest BCUT2D eigenvalue weighted by atomic mass is 9.98. The fourth-order valence-electron chi connectivity index (χ4n) is 4.19. The van der Waals surface area contributed by atoms with Crippen molar-refractivity contribution in [1.29, 1.82) is 0 Å². The lowest BCUT2D eigenvalue weighted by Crippen LogP contribution is -2.31. The van der Waals surface area contributed by atoms with Crippen molar-refractivity contribution in [3.8, 4) is 17.0 Å². The minimum atomic E-state index is -4.65. The molecule has 0 saturated heterocycles. The summed E-state index contributed by atoms with van der Waals surface area (Å²) in [4.78, 5) is -0.402. The molecule has 1 aromatic heterocycles. The Bertz CT molecular complexity index is 1430. The van der Waals surface area contributed by atoms with Crippen LogP contribution >= 0.6 is 15.9 Å². The van der Waals surface area contributed by atoms with Crippen LogP contribution in [0, 0.1) is 11.7 Å². The predicted octanol–water partition coefficient (Wildman–Crippen LogP) is 6.66. The van der Waals surface area contributed by atoms with Crippen LogP contribution in [0.1, 0.15) is 50.8 Å². The fourth-order valence-corrected chi connectivity index (χ4v) is 6.16. The minimum Gasteiger partial charge on any atom is -0.495 e. The second kappa shape index (κ2) is 9.70. The van der Waals surface area contributed by atoms with Gasteiger partial charge in [-0.3, -0.25) is 4.68 Å². The van der Waals surface area contributed by atoms with Gasteiger partial charge >= 0.3 is 6.18 Å². The Morgan fingerprint density at radius 2 is 1.81 bits per heavy atom. The largest absolute Gasteiger partial charge is 0.495 e. The van der Waals surface area contributed by atoms with Crippen LogP contribution in [0.3, 0.4) is 0 Å². The molecule has 0 aliphatic heterocycles. The van der Waals surface area contributed by atoms with Gasteiger partial charge in [0.15, 0.2) is 0 Å². The van der Waals surface area contributed by atoms with E-state index in [9.17, 15) is 26.0 Å². The van der Waals surface area contributed by atoms with Crippen LogP contribution in [0.2, 0.25) is 0 Å². The maximum absolute atomic E-state index is 13.9. The van der Waals surface area contributed by atoms with Gasteiger partial charge in [0.2, 0.25) is 10.0 Å². The van der Waals surface area contributed by atoms with E-state index in [4.69, 9.17) is 4.74 Å². The number of nitrogens with zero attached hydrogens (tertiary/aromatic N) is 2. The lowest BCUT2D eigenvalue weighted by Gasteiger charge is -2.26. The Morgan fingerprint density at radius 1 is 1.14 bits per heavy atom. The van der Waals surface area contributed by atoms with Crippen molar-refractivity contribution in [3.63, 3.8) is 0 Å². The highest BCUT2D eigenvalue weighted by atomic mass is 79.9. The number of nitrogens with one attached hydrogen (secondary N) is 1. The first-order valence-corrected chi connectivity index (χ1v) is 13.7. The molecule has 37 heavy (non-hydrogen) atoms. The maximum Gasteiger partial charge on any atom is 0.416 e. The van der Waals surface area contributed by atoms with Crippen LogP contribution in [-0.2, 0) is 21.7 Å². The zero-order chi connectivity index (χ0) is 27.3. The van der Waals surface area contributed by atoms with Gasteiger partial charge in [-0.25, -0.2) is 17.5 Å². The molecule has 6 nitrogen and oxygen atoms in total. The first kappa shape index (κ1) is 27.6. The summed E-state index contributed by atoms with van der Waals surface area (Å²) in [5.74, 6) is -0.901. The smallest absolute Gasteiger partial charge is 0.416 e. The summed E-state index contributed by atoms with van der Waals surface area (Å²) in [6, 6.07) is 5.78. The highest BCUT2D eigenvalue weighted by Gasteiger charge is 2.40. The van der Waals surface area contributed by atoms with Gasteiger partial charge in [0, 0.05) is 15.6 Å². The predicted molar refractivity (Wildman–Crippen MR) is 134 cm³/mol. The molecule has 1 aliphatic rings. The molecule has 2 aromatic carbocycles. The molecule has 1 saturated carbocycles. The van der Waals surface area contributed by atoms with Crippen molar-refractivity contribution >= 4 is 26.0 Å². The van der Waals surface area contributed by atoms with Gasteiger partial charge in [0.25, 0.3) is 0 Å². The topological polar surface area (TPSA) is 73.2 Å². The average Bonchev–Trinajstić information content (AvgIpc) is 3.54. The van der Waals surface area contributed by atoms with E-state index in [-0.39, 0.29) is 5.92 Å². The number of aromatic nitrogens is 2.